The second-order valence-corrected chi connectivity index (χ2v) is 2.98. The third kappa shape index (κ3) is 2.47. The van der Waals surface area contributed by atoms with Gasteiger partial charge in [0.2, 0.25) is 0 Å². The van der Waals surface area contributed by atoms with Gasteiger partial charge in [-0.1, -0.05) is 0 Å². The molecule has 0 rings (SSSR count). The molecule has 12 heavy (non-hydrogen) atoms. The number of nitrogens with two attached hydrogens (primary N) is 4. The lowest BCUT2D eigenvalue weighted by Crippen LogP contribution is -2.32. The number of allylic oxidation sites excluding steroid dienone is 2. The minimum absolute atomic E-state index is 0.361. The zero-order chi connectivity index (χ0) is 9.89. The van der Waals surface area contributed by atoms with Crippen LogP contribution in [0, 0.1) is 0 Å². The summed E-state index contributed by atoms with van der Waals surface area (Å²) in [6.07, 6.45) is 0. The van der Waals surface area contributed by atoms with Crippen LogP contribution in [0.4, 0.5) is 0 Å². The second-order valence-electron chi connectivity index (χ2n) is 2.98. The molecule has 70 valence electrons. The van der Waals surface area contributed by atoms with Gasteiger partial charge in [0.05, 0.1) is 6.04 Å². The summed E-state index contributed by atoms with van der Waals surface area (Å²) >= 11 is 0. The molecule has 8 N–H and O–H groups in total. The molecule has 4 heteroatoms. The highest BCUT2D eigenvalue weighted by Crippen LogP contribution is 2.08. The standard InChI is InChI=1S/C8H18N4/c1-4(5(2)9)7(11)8(12)6(3)10/h7H,9-12H2,1-3H3/b5-4+,8-6-. The summed E-state index contributed by atoms with van der Waals surface area (Å²) in [5.41, 5.74) is 25.0. The van der Waals surface area contributed by atoms with Crippen LogP contribution >= 0.6 is 0 Å². The molecule has 0 amide bonds. The van der Waals surface area contributed by atoms with E-state index in [1.807, 2.05) is 6.92 Å². The molecule has 0 aliphatic carbocycles. The van der Waals surface area contributed by atoms with Gasteiger partial charge in [0.15, 0.2) is 0 Å². The SMILES string of the molecule is C/C(N)=C(/N)C(N)/C(C)=C(\C)N. The number of hydrogen-bond acceptors (Lipinski definition) is 4. The van der Waals surface area contributed by atoms with Gasteiger partial charge in [-0.05, 0) is 26.3 Å². The van der Waals surface area contributed by atoms with E-state index in [0.717, 1.165) is 5.57 Å². The van der Waals surface area contributed by atoms with Crippen molar-refractivity contribution in [3.8, 4) is 0 Å². The van der Waals surface area contributed by atoms with Crippen molar-refractivity contribution in [1.29, 1.82) is 0 Å². The third-order valence-electron chi connectivity index (χ3n) is 1.88. The smallest absolute Gasteiger partial charge is 0.0692 e. The fraction of sp³-hybridized carbons (Fsp3) is 0.500. The van der Waals surface area contributed by atoms with E-state index in [2.05, 4.69) is 0 Å². The first-order chi connectivity index (χ1) is 5.37. The first-order valence-electron chi connectivity index (χ1n) is 3.78. The van der Waals surface area contributed by atoms with Crippen molar-refractivity contribution in [1.82, 2.24) is 0 Å². The second kappa shape index (κ2) is 4.01. The average Bonchev–Trinajstić information content (AvgIpc) is 2.00. The lowest BCUT2D eigenvalue weighted by atomic mass is 10.0. The molecule has 0 radical (unpaired) electrons. The van der Waals surface area contributed by atoms with E-state index in [-0.39, 0.29) is 6.04 Å². The van der Waals surface area contributed by atoms with E-state index >= 15 is 0 Å². The Balaban J connectivity index is 4.75. The molecule has 0 aliphatic heterocycles. The van der Waals surface area contributed by atoms with Gasteiger partial charge in [-0.25, -0.2) is 0 Å². The van der Waals surface area contributed by atoms with E-state index in [1.54, 1.807) is 13.8 Å². The molecule has 0 aromatic rings. The fourth-order valence-electron chi connectivity index (χ4n) is 0.724. The maximum absolute atomic E-state index is 5.76. The van der Waals surface area contributed by atoms with Crippen LogP contribution in [-0.2, 0) is 0 Å². The molecule has 0 saturated heterocycles. The van der Waals surface area contributed by atoms with E-state index in [4.69, 9.17) is 22.9 Å². The summed E-state index contributed by atoms with van der Waals surface area (Å²) < 4.78 is 0. The lowest BCUT2D eigenvalue weighted by molar-refractivity contribution is 0.834. The van der Waals surface area contributed by atoms with Gasteiger partial charge < -0.3 is 22.9 Å². The van der Waals surface area contributed by atoms with Crippen LogP contribution in [0.15, 0.2) is 22.7 Å². The molecular weight excluding hydrogens is 152 g/mol. The highest BCUT2D eigenvalue weighted by Gasteiger charge is 2.10. The van der Waals surface area contributed by atoms with Gasteiger partial charge in [0.1, 0.15) is 0 Å². The van der Waals surface area contributed by atoms with Crippen molar-refractivity contribution < 1.29 is 0 Å². The van der Waals surface area contributed by atoms with Crippen LogP contribution < -0.4 is 22.9 Å². The Hall–Kier alpha value is -1.16. The Labute approximate surface area is 73.3 Å². The predicted octanol–water partition coefficient (Wildman–Crippen LogP) is -0.285. The van der Waals surface area contributed by atoms with Gasteiger partial charge in [-0.15, -0.1) is 0 Å². The van der Waals surface area contributed by atoms with Crippen LogP contribution in [0.1, 0.15) is 20.8 Å². The minimum Gasteiger partial charge on any atom is -0.402 e. The van der Waals surface area contributed by atoms with E-state index in [1.165, 1.54) is 0 Å². The normalized spacial score (nSPS) is 18.0. The third-order valence-corrected chi connectivity index (χ3v) is 1.88. The zero-order valence-corrected chi connectivity index (χ0v) is 7.89. The summed E-state index contributed by atoms with van der Waals surface area (Å²) in [5.74, 6) is 0. The van der Waals surface area contributed by atoms with Gasteiger partial charge in [-0.3, -0.25) is 0 Å². The van der Waals surface area contributed by atoms with Crippen molar-refractivity contribution in [3.63, 3.8) is 0 Å². The summed E-state index contributed by atoms with van der Waals surface area (Å²) in [7, 11) is 0. The van der Waals surface area contributed by atoms with Crippen molar-refractivity contribution >= 4 is 0 Å². The van der Waals surface area contributed by atoms with Crippen molar-refractivity contribution in [3.05, 3.63) is 22.7 Å². The van der Waals surface area contributed by atoms with Gasteiger partial charge in [0, 0.05) is 17.1 Å². The van der Waals surface area contributed by atoms with E-state index < -0.39 is 0 Å². The molecular formula is C8H18N4. The van der Waals surface area contributed by atoms with Gasteiger partial charge >= 0.3 is 0 Å². The highest BCUT2D eigenvalue weighted by molar-refractivity contribution is 5.26. The van der Waals surface area contributed by atoms with Crippen LogP contribution in [0.5, 0.6) is 0 Å². The molecule has 4 nitrogen and oxygen atoms in total. The van der Waals surface area contributed by atoms with Gasteiger partial charge in [-0.2, -0.15) is 0 Å². The van der Waals surface area contributed by atoms with Crippen molar-refractivity contribution in [2.24, 2.45) is 22.9 Å². The summed E-state index contributed by atoms with van der Waals surface area (Å²) in [6.45, 7) is 5.35. The Morgan fingerprint density at radius 3 is 1.58 bits per heavy atom. The molecule has 0 aromatic carbocycles. The molecule has 0 bridgehead atoms. The van der Waals surface area contributed by atoms with E-state index in [9.17, 15) is 0 Å². The molecule has 0 aliphatic rings. The Bertz CT molecular complexity index is 195. The zero-order valence-electron chi connectivity index (χ0n) is 7.89. The van der Waals surface area contributed by atoms with Crippen LogP contribution in [0.25, 0.3) is 0 Å². The topological polar surface area (TPSA) is 104 Å². The van der Waals surface area contributed by atoms with Crippen LogP contribution in [0.3, 0.4) is 0 Å². The molecule has 0 spiro atoms. The van der Waals surface area contributed by atoms with Crippen LogP contribution in [-0.4, -0.2) is 6.04 Å². The molecule has 1 unspecified atom stereocenters. The molecule has 0 saturated carbocycles. The average molecular weight is 170 g/mol. The van der Waals surface area contributed by atoms with Crippen LogP contribution in [0.2, 0.25) is 0 Å². The Morgan fingerprint density at radius 2 is 1.33 bits per heavy atom. The quantitative estimate of drug-likeness (QED) is 0.457. The highest BCUT2D eigenvalue weighted by atomic mass is 14.8. The Morgan fingerprint density at radius 1 is 0.917 bits per heavy atom. The maximum atomic E-state index is 5.76. The first-order valence-corrected chi connectivity index (χ1v) is 3.78. The summed E-state index contributed by atoms with van der Waals surface area (Å²) in [6, 6.07) is -0.361. The first kappa shape index (κ1) is 10.8. The number of rotatable bonds is 2. The maximum Gasteiger partial charge on any atom is 0.0692 e. The Kier molecular flexibility index (Phi) is 3.63. The summed E-state index contributed by atoms with van der Waals surface area (Å²) in [5, 5.41) is 0. The minimum atomic E-state index is -0.361. The number of hydrogen-bond donors (Lipinski definition) is 4. The fourth-order valence-corrected chi connectivity index (χ4v) is 0.724. The monoisotopic (exact) mass is 170 g/mol. The van der Waals surface area contributed by atoms with Crippen molar-refractivity contribution in [2.45, 2.75) is 26.8 Å². The van der Waals surface area contributed by atoms with E-state index in [0.29, 0.717) is 17.1 Å². The molecule has 0 heterocycles. The molecule has 0 fully saturated rings. The molecule has 0 aromatic heterocycles. The largest absolute Gasteiger partial charge is 0.402 e. The predicted molar refractivity (Wildman–Crippen MR) is 51.6 cm³/mol. The summed E-state index contributed by atoms with van der Waals surface area (Å²) in [4.78, 5) is 0. The lowest BCUT2D eigenvalue weighted by Gasteiger charge is -2.15. The molecule has 1 atom stereocenters. The van der Waals surface area contributed by atoms with Crippen molar-refractivity contribution in [2.75, 3.05) is 0 Å². The van der Waals surface area contributed by atoms with Gasteiger partial charge in [0.25, 0.3) is 0 Å².